The van der Waals surface area contributed by atoms with Crippen LogP contribution in [0.1, 0.15) is 38.5 Å². The van der Waals surface area contributed by atoms with E-state index < -0.39 is 0 Å². The number of fused-ring (bicyclic) bond motifs is 2. The molecule has 3 heteroatoms. The fourth-order valence-electron chi connectivity index (χ4n) is 3.75. The van der Waals surface area contributed by atoms with Crippen molar-refractivity contribution in [3.8, 4) is 0 Å². The molecule has 4 unspecified atom stereocenters. The van der Waals surface area contributed by atoms with Gasteiger partial charge in [0.2, 0.25) is 0 Å². The first-order valence-corrected chi connectivity index (χ1v) is 7.10. The average Bonchev–Trinajstić information content (AvgIpc) is 2.98. The first-order valence-electron chi connectivity index (χ1n) is 7.10. The summed E-state index contributed by atoms with van der Waals surface area (Å²) >= 11 is 0. The number of carbonyl (C=O) groups excluding carboxylic acids is 1. The molecule has 3 nitrogen and oxygen atoms in total. The van der Waals surface area contributed by atoms with Crippen LogP contribution in [0.4, 0.5) is 0 Å². The van der Waals surface area contributed by atoms with E-state index in [0.29, 0.717) is 24.9 Å². The molecule has 2 aliphatic carbocycles. The van der Waals surface area contributed by atoms with E-state index in [1.54, 1.807) is 0 Å². The molecular formula is C15H24O3. The second-order valence-electron chi connectivity index (χ2n) is 5.65. The lowest BCUT2D eigenvalue weighted by molar-refractivity contribution is -0.140. The van der Waals surface area contributed by atoms with Gasteiger partial charge in [0.1, 0.15) is 0 Å². The van der Waals surface area contributed by atoms with Crippen LogP contribution >= 0.6 is 0 Å². The van der Waals surface area contributed by atoms with Gasteiger partial charge in [-0.1, -0.05) is 12.2 Å². The fourth-order valence-corrected chi connectivity index (χ4v) is 3.75. The molecule has 0 amide bonds. The van der Waals surface area contributed by atoms with Gasteiger partial charge in [-0.3, -0.25) is 4.79 Å². The van der Waals surface area contributed by atoms with Crippen molar-refractivity contribution in [1.82, 2.24) is 0 Å². The molecule has 0 aromatic carbocycles. The summed E-state index contributed by atoms with van der Waals surface area (Å²) in [5, 5.41) is 9.47. The summed E-state index contributed by atoms with van der Waals surface area (Å²) in [5.41, 5.74) is 0. The summed E-state index contributed by atoms with van der Waals surface area (Å²) in [4.78, 5) is 11.0. The molecule has 2 bridgehead atoms. The molecule has 2 rings (SSSR count). The quantitative estimate of drug-likeness (QED) is 0.449. The monoisotopic (exact) mass is 252 g/mol. The number of rotatable bonds is 6. The summed E-state index contributed by atoms with van der Waals surface area (Å²) < 4.78 is 4.61. The van der Waals surface area contributed by atoms with E-state index in [4.69, 9.17) is 0 Å². The lowest BCUT2D eigenvalue weighted by Crippen LogP contribution is -2.23. The number of ether oxygens (including phenoxy) is 1. The Bertz CT molecular complexity index is 311. The minimum absolute atomic E-state index is 0.128. The van der Waals surface area contributed by atoms with Crippen molar-refractivity contribution in [3.05, 3.63) is 12.2 Å². The van der Waals surface area contributed by atoms with Crippen LogP contribution < -0.4 is 0 Å². The Balaban J connectivity index is 1.73. The van der Waals surface area contributed by atoms with Crippen LogP contribution in [0.5, 0.6) is 0 Å². The van der Waals surface area contributed by atoms with Crippen molar-refractivity contribution in [2.45, 2.75) is 38.5 Å². The minimum Gasteiger partial charge on any atom is -0.469 e. The molecule has 18 heavy (non-hydrogen) atoms. The maximum Gasteiger partial charge on any atom is 0.305 e. The molecule has 2 aliphatic rings. The molecule has 0 radical (unpaired) electrons. The van der Waals surface area contributed by atoms with Crippen LogP contribution in [0, 0.1) is 23.7 Å². The zero-order chi connectivity index (χ0) is 13.0. The average molecular weight is 252 g/mol. The van der Waals surface area contributed by atoms with Gasteiger partial charge < -0.3 is 9.84 Å². The van der Waals surface area contributed by atoms with Gasteiger partial charge in [0.15, 0.2) is 0 Å². The van der Waals surface area contributed by atoms with Crippen molar-refractivity contribution in [1.29, 1.82) is 0 Å². The van der Waals surface area contributed by atoms with Crippen molar-refractivity contribution < 1.29 is 14.6 Å². The molecule has 2 saturated carbocycles. The Hall–Kier alpha value is -0.830. The normalized spacial score (nSPS) is 34.3. The highest BCUT2D eigenvalue weighted by Gasteiger charge is 2.45. The predicted octanol–water partition coefficient (Wildman–Crippen LogP) is 2.54. The molecule has 0 spiro atoms. The molecule has 0 saturated heterocycles. The number of aliphatic hydroxyl groups is 1. The first-order chi connectivity index (χ1) is 8.76. The number of esters is 1. The van der Waals surface area contributed by atoms with Crippen molar-refractivity contribution in [3.63, 3.8) is 0 Å². The smallest absolute Gasteiger partial charge is 0.305 e. The van der Waals surface area contributed by atoms with Crippen LogP contribution in [0.25, 0.3) is 0 Å². The molecule has 102 valence electrons. The van der Waals surface area contributed by atoms with Gasteiger partial charge in [-0.25, -0.2) is 0 Å². The zero-order valence-corrected chi connectivity index (χ0v) is 11.2. The number of methoxy groups -OCH3 is 1. The Labute approximate surface area is 109 Å². The number of allylic oxidation sites excluding steroid dienone is 2. The summed E-state index contributed by atoms with van der Waals surface area (Å²) in [5.74, 6) is 2.48. The third-order valence-corrected chi connectivity index (χ3v) is 4.71. The molecule has 4 atom stereocenters. The largest absolute Gasteiger partial charge is 0.469 e. The summed E-state index contributed by atoms with van der Waals surface area (Å²) in [6.45, 7) is 0.332. The number of aliphatic hydroxyl groups excluding tert-OH is 1. The van der Waals surface area contributed by atoms with Gasteiger partial charge in [0, 0.05) is 13.0 Å². The number of carbonyl (C=O) groups is 1. The Morgan fingerprint density at radius 1 is 1.39 bits per heavy atom. The third-order valence-electron chi connectivity index (χ3n) is 4.71. The Morgan fingerprint density at radius 2 is 2.17 bits per heavy atom. The molecule has 0 aliphatic heterocycles. The molecular weight excluding hydrogens is 228 g/mol. The number of unbranched alkanes of at least 4 members (excludes halogenated alkanes) is 1. The van der Waals surface area contributed by atoms with Gasteiger partial charge in [0.05, 0.1) is 7.11 Å². The number of hydrogen-bond donors (Lipinski definition) is 1. The van der Waals surface area contributed by atoms with Crippen molar-refractivity contribution in [2.24, 2.45) is 23.7 Å². The van der Waals surface area contributed by atoms with Gasteiger partial charge in [0.25, 0.3) is 0 Å². The summed E-state index contributed by atoms with van der Waals surface area (Å²) in [6, 6.07) is 0. The molecule has 0 aromatic heterocycles. The fraction of sp³-hybridized carbons (Fsp3) is 0.800. The van der Waals surface area contributed by atoms with Crippen molar-refractivity contribution in [2.75, 3.05) is 13.7 Å². The van der Waals surface area contributed by atoms with E-state index in [2.05, 4.69) is 16.9 Å². The predicted molar refractivity (Wildman–Crippen MR) is 69.9 cm³/mol. The zero-order valence-electron chi connectivity index (χ0n) is 11.2. The summed E-state index contributed by atoms with van der Waals surface area (Å²) in [6.07, 6.45) is 10.7. The molecule has 2 fully saturated rings. The van der Waals surface area contributed by atoms with Crippen molar-refractivity contribution >= 4 is 5.97 Å². The summed E-state index contributed by atoms with van der Waals surface area (Å²) in [7, 11) is 1.43. The second-order valence-corrected chi connectivity index (χ2v) is 5.65. The third kappa shape index (κ3) is 2.94. The van der Waals surface area contributed by atoms with Crippen LogP contribution in [0.15, 0.2) is 12.2 Å². The van der Waals surface area contributed by atoms with E-state index in [1.165, 1.54) is 26.4 Å². The Morgan fingerprint density at radius 3 is 2.89 bits per heavy atom. The topological polar surface area (TPSA) is 46.5 Å². The molecule has 1 N–H and O–H groups in total. The van der Waals surface area contributed by atoms with Crippen LogP contribution in [-0.4, -0.2) is 24.8 Å². The van der Waals surface area contributed by atoms with E-state index in [9.17, 15) is 9.90 Å². The van der Waals surface area contributed by atoms with E-state index in [1.807, 2.05) is 0 Å². The lowest BCUT2D eigenvalue weighted by atomic mass is 9.79. The van der Waals surface area contributed by atoms with Crippen LogP contribution in [0.2, 0.25) is 0 Å². The standard InChI is InChI=1S/C15H24O3/c1-18-15(17)6-4-2-3-5-13-11-7-8-12(9-11)14(13)10-16/h3,5,11-14,16H,2,4,6-10H2,1H3/b5-3+. The van der Waals surface area contributed by atoms with Gasteiger partial charge in [-0.15, -0.1) is 0 Å². The Kier molecular flexibility index (Phi) is 4.81. The SMILES string of the molecule is COC(=O)CCC/C=C/C1C2CCC(C2)C1CO. The minimum atomic E-state index is -0.128. The number of hydrogen-bond acceptors (Lipinski definition) is 3. The molecule has 0 aromatic rings. The van der Waals surface area contributed by atoms with Gasteiger partial charge >= 0.3 is 5.97 Å². The lowest BCUT2D eigenvalue weighted by Gasteiger charge is -2.27. The second kappa shape index (κ2) is 6.37. The highest BCUT2D eigenvalue weighted by atomic mass is 16.5. The first kappa shape index (κ1) is 13.6. The van der Waals surface area contributed by atoms with Gasteiger partial charge in [-0.05, 0) is 55.8 Å². The highest BCUT2D eigenvalue weighted by molar-refractivity contribution is 5.69. The molecule has 0 heterocycles. The van der Waals surface area contributed by atoms with E-state index in [0.717, 1.165) is 24.7 Å². The van der Waals surface area contributed by atoms with E-state index >= 15 is 0 Å². The maximum atomic E-state index is 11.0. The highest BCUT2D eigenvalue weighted by Crippen LogP contribution is 2.52. The van der Waals surface area contributed by atoms with Crippen LogP contribution in [-0.2, 0) is 9.53 Å². The van der Waals surface area contributed by atoms with E-state index in [-0.39, 0.29) is 5.97 Å². The van der Waals surface area contributed by atoms with Gasteiger partial charge in [-0.2, -0.15) is 0 Å². The maximum absolute atomic E-state index is 11.0. The van der Waals surface area contributed by atoms with Crippen LogP contribution in [0.3, 0.4) is 0 Å².